The van der Waals surface area contributed by atoms with Gasteiger partial charge in [0.25, 0.3) is 0 Å². The molecule has 1 radical (unpaired) electrons. The number of aliphatic hydroxyl groups is 1. The first-order chi connectivity index (χ1) is 4.34. The molecule has 0 amide bonds. The Morgan fingerprint density at radius 1 is 1.11 bits per heavy atom. The second-order valence-electron chi connectivity index (χ2n) is 3.16. The molecule has 2 heteroatoms. The molecule has 2 heterocycles. The van der Waals surface area contributed by atoms with Crippen LogP contribution in [0.2, 0.25) is 0 Å². The number of nitrogens with zero attached hydrogens (tertiary/aromatic N) is 1. The van der Waals surface area contributed by atoms with E-state index in [2.05, 4.69) is 5.32 Å². The summed E-state index contributed by atoms with van der Waals surface area (Å²) in [5, 5.41) is 13.7. The fourth-order valence-electron chi connectivity index (χ4n) is 1.91. The Kier molecular flexibility index (Phi) is 1.24. The van der Waals surface area contributed by atoms with Gasteiger partial charge in [0.1, 0.15) is 0 Å². The van der Waals surface area contributed by atoms with Crippen LogP contribution in [-0.4, -0.2) is 23.3 Å². The lowest BCUT2D eigenvalue weighted by atomic mass is 10.0. The summed E-state index contributed by atoms with van der Waals surface area (Å²) in [5.74, 6) is 0. The SMILES string of the molecule is O[C@H]1C[C@H]2CC[C@@H](C1)[N]2. The molecule has 2 aliphatic heterocycles. The zero-order chi connectivity index (χ0) is 6.27. The summed E-state index contributed by atoms with van der Waals surface area (Å²) < 4.78 is 0. The van der Waals surface area contributed by atoms with E-state index in [1.165, 1.54) is 12.8 Å². The van der Waals surface area contributed by atoms with Gasteiger partial charge in [0.15, 0.2) is 0 Å². The first kappa shape index (κ1) is 5.69. The predicted octanol–water partition coefficient (Wildman–Crippen LogP) is 0.276. The summed E-state index contributed by atoms with van der Waals surface area (Å²) in [4.78, 5) is 0. The third-order valence-corrected chi connectivity index (χ3v) is 2.34. The fraction of sp³-hybridized carbons (Fsp3) is 1.00. The molecular formula is C7H12NO. The number of fused-ring (bicyclic) bond motifs is 2. The van der Waals surface area contributed by atoms with E-state index in [0.29, 0.717) is 12.1 Å². The summed E-state index contributed by atoms with van der Waals surface area (Å²) in [6.07, 6.45) is 4.26. The number of rotatable bonds is 0. The summed E-state index contributed by atoms with van der Waals surface area (Å²) in [7, 11) is 0. The van der Waals surface area contributed by atoms with Crippen molar-refractivity contribution < 1.29 is 5.11 Å². The molecule has 0 spiro atoms. The minimum absolute atomic E-state index is 0.0417. The lowest BCUT2D eigenvalue weighted by Crippen LogP contribution is -2.34. The average Bonchev–Trinajstić information content (AvgIpc) is 2.11. The maximum Gasteiger partial charge on any atom is 0.0571 e. The molecule has 3 atom stereocenters. The molecule has 0 saturated carbocycles. The minimum Gasteiger partial charge on any atom is -0.393 e. The van der Waals surface area contributed by atoms with Crippen LogP contribution in [0.3, 0.4) is 0 Å². The molecule has 9 heavy (non-hydrogen) atoms. The molecule has 0 aromatic heterocycles. The highest BCUT2D eigenvalue weighted by Gasteiger charge is 2.33. The molecule has 0 unspecified atom stereocenters. The summed E-state index contributed by atoms with van der Waals surface area (Å²) in [6, 6.07) is 1.03. The number of aliphatic hydroxyl groups excluding tert-OH is 1. The Bertz CT molecular complexity index is 103. The van der Waals surface area contributed by atoms with Gasteiger partial charge in [-0.1, -0.05) is 0 Å². The molecule has 51 valence electrons. The van der Waals surface area contributed by atoms with Crippen LogP contribution in [0.5, 0.6) is 0 Å². The van der Waals surface area contributed by atoms with Gasteiger partial charge in [-0.25, -0.2) is 5.32 Å². The van der Waals surface area contributed by atoms with Gasteiger partial charge in [0, 0.05) is 12.1 Å². The Labute approximate surface area is 55.3 Å². The van der Waals surface area contributed by atoms with Crippen molar-refractivity contribution in [3.05, 3.63) is 0 Å². The van der Waals surface area contributed by atoms with Crippen molar-refractivity contribution in [2.45, 2.75) is 43.9 Å². The van der Waals surface area contributed by atoms with Crippen molar-refractivity contribution in [1.82, 2.24) is 5.32 Å². The summed E-state index contributed by atoms with van der Waals surface area (Å²) in [6.45, 7) is 0. The van der Waals surface area contributed by atoms with Crippen molar-refractivity contribution in [3.8, 4) is 0 Å². The average molecular weight is 126 g/mol. The molecule has 2 rings (SSSR count). The standard InChI is InChI=1S/C7H12NO/c9-7-3-5-1-2-6(4-7)8-5/h5-7,9H,1-4H2/t5-,6+,7+. The van der Waals surface area contributed by atoms with Gasteiger partial charge in [-0.3, -0.25) is 0 Å². The van der Waals surface area contributed by atoms with E-state index < -0.39 is 0 Å². The van der Waals surface area contributed by atoms with Crippen molar-refractivity contribution in [3.63, 3.8) is 0 Å². The molecule has 0 aromatic carbocycles. The lowest BCUT2D eigenvalue weighted by Gasteiger charge is -2.23. The summed E-state index contributed by atoms with van der Waals surface area (Å²) >= 11 is 0. The Morgan fingerprint density at radius 3 is 2.22 bits per heavy atom. The first-order valence-electron chi connectivity index (χ1n) is 3.72. The monoisotopic (exact) mass is 126 g/mol. The van der Waals surface area contributed by atoms with Crippen LogP contribution in [0.15, 0.2) is 0 Å². The van der Waals surface area contributed by atoms with E-state index in [1.807, 2.05) is 0 Å². The maximum atomic E-state index is 9.23. The third kappa shape index (κ3) is 0.970. The van der Waals surface area contributed by atoms with E-state index >= 15 is 0 Å². The quantitative estimate of drug-likeness (QED) is 0.497. The Balaban J connectivity index is 2.03. The van der Waals surface area contributed by atoms with Gasteiger partial charge >= 0.3 is 0 Å². The number of piperidine rings is 1. The zero-order valence-corrected chi connectivity index (χ0v) is 5.45. The van der Waals surface area contributed by atoms with E-state index in [0.717, 1.165) is 12.8 Å². The predicted molar refractivity (Wildman–Crippen MR) is 34.2 cm³/mol. The minimum atomic E-state index is -0.0417. The molecule has 0 aliphatic carbocycles. The van der Waals surface area contributed by atoms with E-state index in [1.54, 1.807) is 0 Å². The van der Waals surface area contributed by atoms with Crippen molar-refractivity contribution in [1.29, 1.82) is 0 Å². The first-order valence-corrected chi connectivity index (χ1v) is 3.72. The summed E-state index contributed by atoms with van der Waals surface area (Å²) in [5.41, 5.74) is 0. The molecule has 2 bridgehead atoms. The second kappa shape index (κ2) is 1.96. The molecule has 2 fully saturated rings. The van der Waals surface area contributed by atoms with Crippen LogP contribution in [0.1, 0.15) is 25.7 Å². The molecule has 2 saturated heterocycles. The molecular weight excluding hydrogens is 114 g/mol. The van der Waals surface area contributed by atoms with Gasteiger partial charge in [-0.15, -0.1) is 0 Å². The van der Waals surface area contributed by atoms with Crippen LogP contribution < -0.4 is 5.32 Å². The van der Waals surface area contributed by atoms with E-state index in [-0.39, 0.29) is 6.10 Å². The van der Waals surface area contributed by atoms with Crippen LogP contribution in [0, 0.1) is 0 Å². The zero-order valence-electron chi connectivity index (χ0n) is 5.45. The van der Waals surface area contributed by atoms with Crippen LogP contribution in [0.4, 0.5) is 0 Å². The van der Waals surface area contributed by atoms with Crippen LogP contribution in [0.25, 0.3) is 0 Å². The Morgan fingerprint density at radius 2 is 1.67 bits per heavy atom. The van der Waals surface area contributed by atoms with Crippen LogP contribution in [-0.2, 0) is 0 Å². The van der Waals surface area contributed by atoms with Gasteiger partial charge in [-0.05, 0) is 25.7 Å². The fourth-order valence-corrected chi connectivity index (χ4v) is 1.91. The smallest absolute Gasteiger partial charge is 0.0571 e. The maximum absolute atomic E-state index is 9.23. The number of hydrogen-bond donors (Lipinski definition) is 1. The van der Waals surface area contributed by atoms with Gasteiger partial charge in [0.05, 0.1) is 6.10 Å². The molecule has 2 nitrogen and oxygen atoms in total. The van der Waals surface area contributed by atoms with Crippen LogP contribution >= 0.6 is 0 Å². The van der Waals surface area contributed by atoms with Gasteiger partial charge in [0.2, 0.25) is 0 Å². The normalized spacial score (nSPS) is 49.7. The third-order valence-electron chi connectivity index (χ3n) is 2.34. The van der Waals surface area contributed by atoms with Crippen molar-refractivity contribution >= 4 is 0 Å². The highest BCUT2D eigenvalue weighted by molar-refractivity contribution is 4.91. The highest BCUT2D eigenvalue weighted by atomic mass is 16.3. The van der Waals surface area contributed by atoms with Gasteiger partial charge < -0.3 is 5.11 Å². The highest BCUT2D eigenvalue weighted by Crippen LogP contribution is 2.27. The molecule has 2 aliphatic rings. The number of hydrogen-bond acceptors (Lipinski definition) is 1. The topological polar surface area (TPSA) is 34.3 Å². The van der Waals surface area contributed by atoms with Crippen molar-refractivity contribution in [2.24, 2.45) is 0 Å². The lowest BCUT2D eigenvalue weighted by molar-refractivity contribution is 0.112. The van der Waals surface area contributed by atoms with E-state index in [4.69, 9.17) is 0 Å². The molecule has 1 N–H and O–H groups in total. The largest absolute Gasteiger partial charge is 0.393 e. The van der Waals surface area contributed by atoms with E-state index in [9.17, 15) is 5.11 Å². The van der Waals surface area contributed by atoms with Gasteiger partial charge in [-0.2, -0.15) is 0 Å². The molecule has 0 aromatic rings. The second-order valence-corrected chi connectivity index (χ2v) is 3.16. The Hall–Kier alpha value is -0.0800. The van der Waals surface area contributed by atoms with Crippen molar-refractivity contribution in [2.75, 3.05) is 0 Å².